The minimum atomic E-state index is -0.350. The van der Waals surface area contributed by atoms with E-state index in [2.05, 4.69) is 32.6 Å². The fraction of sp³-hybridized carbons (Fsp3) is 0.294. The largest absolute Gasteiger partial charge is 0.507 e. The van der Waals surface area contributed by atoms with E-state index in [0.29, 0.717) is 16.4 Å². The average molecular weight is 390 g/mol. The Balaban J connectivity index is 1.66. The van der Waals surface area contributed by atoms with Gasteiger partial charge in [-0.1, -0.05) is 42.5 Å². The van der Waals surface area contributed by atoms with Gasteiger partial charge in [-0.05, 0) is 37.1 Å². The molecule has 0 aliphatic heterocycles. The van der Waals surface area contributed by atoms with Crippen LogP contribution in [0.5, 0.6) is 5.75 Å². The second kappa shape index (κ2) is 8.33. The van der Waals surface area contributed by atoms with Gasteiger partial charge in [0.25, 0.3) is 5.91 Å². The number of amides is 1. The molecule has 0 spiro atoms. The summed E-state index contributed by atoms with van der Waals surface area (Å²) in [6, 6.07) is 6.90. The number of aromatic hydroxyl groups is 1. The first kappa shape index (κ1) is 18.4. The van der Waals surface area contributed by atoms with E-state index >= 15 is 0 Å². The maximum Gasteiger partial charge on any atom is 0.275 e. The highest BCUT2D eigenvalue weighted by Crippen LogP contribution is 2.29. The summed E-state index contributed by atoms with van der Waals surface area (Å²) >= 11 is 2.99. The molecule has 0 bridgehead atoms. The number of aromatic amines is 1. The van der Waals surface area contributed by atoms with Crippen LogP contribution in [0.2, 0.25) is 0 Å². The van der Waals surface area contributed by atoms with Gasteiger partial charge >= 0.3 is 0 Å². The molecule has 7 nitrogen and oxygen atoms in total. The molecule has 0 atom stereocenters. The summed E-state index contributed by atoms with van der Waals surface area (Å²) in [6.45, 7) is 4.03. The Morgan fingerprint density at radius 3 is 2.96 bits per heavy atom. The van der Waals surface area contributed by atoms with Gasteiger partial charge in [0.05, 0.1) is 5.69 Å². The van der Waals surface area contributed by atoms with Crippen molar-refractivity contribution in [3.63, 3.8) is 0 Å². The lowest BCUT2D eigenvalue weighted by molar-refractivity contribution is 0.102. The standard InChI is InChI=1S/C17H19N5O2S2/c1-3-4-7-25-17-22-21-16(26-17)18-15(24)13-9-12(19-20-13)11-6-5-10(2)8-14(11)23/h5-6,8-9,23H,3-4,7H2,1-2H3,(H,19,20)(H,18,21,24). The van der Waals surface area contributed by atoms with Crippen LogP contribution in [0, 0.1) is 6.92 Å². The number of aryl methyl sites for hydroxylation is 1. The highest BCUT2D eigenvalue weighted by Gasteiger charge is 2.15. The van der Waals surface area contributed by atoms with Gasteiger partial charge in [-0.25, -0.2) is 0 Å². The Morgan fingerprint density at radius 1 is 1.35 bits per heavy atom. The number of carbonyl (C=O) groups is 1. The summed E-state index contributed by atoms with van der Waals surface area (Å²) in [5.74, 6) is 0.765. The van der Waals surface area contributed by atoms with Crippen molar-refractivity contribution in [3.05, 3.63) is 35.5 Å². The molecule has 3 rings (SSSR count). The van der Waals surface area contributed by atoms with Crippen LogP contribution < -0.4 is 5.32 Å². The second-order valence-corrected chi connectivity index (χ2v) is 8.04. The zero-order valence-corrected chi connectivity index (χ0v) is 16.1. The molecule has 2 heterocycles. The van der Waals surface area contributed by atoms with Gasteiger partial charge in [0.15, 0.2) is 4.34 Å². The van der Waals surface area contributed by atoms with E-state index in [1.54, 1.807) is 30.0 Å². The minimum Gasteiger partial charge on any atom is -0.507 e. The number of H-pyrrole nitrogens is 1. The first-order chi connectivity index (χ1) is 12.6. The molecule has 2 aromatic heterocycles. The number of phenols is 1. The number of phenolic OH excluding ortho intramolecular Hbond substituents is 1. The summed E-state index contributed by atoms with van der Waals surface area (Å²) in [5, 5.41) is 28.1. The number of thioether (sulfide) groups is 1. The molecule has 0 aliphatic carbocycles. The number of benzene rings is 1. The minimum absolute atomic E-state index is 0.126. The van der Waals surface area contributed by atoms with Gasteiger partial charge in [-0.3, -0.25) is 15.2 Å². The van der Waals surface area contributed by atoms with E-state index in [0.717, 1.165) is 28.5 Å². The maximum atomic E-state index is 12.4. The van der Waals surface area contributed by atoms with Crippen LogP contribution >= 0.6 is 23.1 Å². The number of rotatable bonds is 7. The molecule has 0 aliphatic rings. The maximum absolute atomic E-state index is 12.4. The predicted octanol–water partition coefficient (Wildman–Crippen LogP) is 4.09. The van der Waals surface area contributed by atoms with Crippen molar-refractivity contribution in [2.75, 3.05) is 11.1 Å². The number of nitrogens with one attached hydrogen (secondary N) is 2. The Morgan fingerprint density at radius 2 is 2.19 bits per heavy atom. The van der Waals surface area contributed by atoms with Gasteiger partial charge in [-0.15, -0.1) is 10.2 Å². The molecule has 9 heteroatoms. The quantitative estimate of drug-likeness (QED) is 0.319. The molecule has 0 radical (unpaired) electrons. The molecule has 0 saturated heterocycles. The highest BCUT2D eigenvalue weighted by atomic mass is 32.2. The van der Waals surface area contributed by atoms with Crippen LogP contribution in [0.15, 0.2) is 28.6 Å². The second-order valence-electron chi connectivity index (χ2n) is 5.72. The molecule has 1 aromatic carbocycles. The number of carbonyl (C=O) groups excluding carboxylic acids is 1. The molecule has 3 N–H and O–H groups in total. The molecular formula is C17H19N5O2S2. The molecule has 26 heavy (non-hydrogen) atoms. The van der Waals surface area contributed by atoms with E-state index in [1.807, 2.05) is 13.0 Å². The van der Waals surface area contributed by atoms with Gasteiger partial charge in [0, 0.05) is 11.3 Å². The zero-order valence-electron chi connectivity index (χ0n) is 14.4. The predicted molar refractivity (Wildman–Crippen MR) is 104 cm³/mol. The number of nitrogens with zero attached hydrogens (tertiary/aromatic N) is 3. The van der Waals surface area contributed by atoms with Crippen molar-refractivity contribution in [3.8, 4) is 17.0 Å². The third-order valence-corrected chi connectivity index (χ3v) is 5.66. The fourth-order valence-electron chi connectivity index (χ4n) is 2.22. The monoisotopic (exact) mass is 389 g/mol. The molecule has 136 valence electrons. The van der Waals surface area contributed by atoms with E-state index in [9.17, 15) is 9.90 Å². The van der Waals surface area contributed by atoms with Crippen LogP contribution in [0.3, 0.4) is 0 Å². The van der Waals surface area contributed by atoms with Gasteiger partial charge in [0.2, 0.25) is 5.13 Å². The van der Waals surface area contributed by atoms with Crippen molar-refractivity contribution in [2.24, 2.45) is 0 Å². The lowest BCUT2D eigenvalue weighted by Crippen LogP contribution is -2.12. The zero-order chi connectivity index (χ0) is 18.5. The topological polar surface area (TPSA) is 104 Å². The van der Waals surface area contributed by atoms with Gasteiger partial charge in [-0.2, -0.15) is 5.10 Å². The number of unbranched alkanes of at least 4 members (excludes halogenated alkanes) is 1. The van der Waals surface area contributed by atoms with Crippen LogP contribution in [-0.2, 0) is 0 Å². The van der Waals surface area contributed by atoms with Crippen LogP contribution in [0.1, 0.15) is 35.8 Å². The normalized spacial score (nSPS) is 10.8. The van der Waals surface area contributed by atoms with Crippen LogP contribution in [-0.4, -0.2) is 37.2 Å². The molecule has 3 aromatic rings. The van der Waals surface area contributed by atoms with Crippen LogP contribution in [0.4, 0.5) is 5.13 Å². The summed E-state index contributed by atoms with van der Waals surface area (Å²) in [4.78, 5) is 12.4. The summed E-state index contributed by atoms with van der Waals surface area (Å²) in [5.41, 5.74) is 2.30. The van der Waals surface area contributed by atoms with Crippen molar-refractivity contribution in [1.82, 2.24) is 20.4 Å². The van der Waals surface area contributed by atoms with E-state index < -0.39 is 0 Å². The average Bonchev–Trinajstić information content (AvgIpc) is 3.25. The van der Waals surface area contributed by atoms with Crippen molar-refractivity contribution >= 4 is 34.1 Å². The van der Waals surface area contributed by atoms with Crippen molar-refractivity contribution in [2.45, 2.75) is 31.0 Å². The Labute approximate surface area is 159 Å². The molecule has 1 amide bonds. The van der Waals surface area contributed by atoms with Gasteiger partial charge < -0.3 is 5.11 Å². The smallest absolute Gasteiger partial charge is 0.275 e. The Bertz CT molecular complexity index is 906. The number of anilines is 1. The highest BCUT2D eigenvalue weighted by molar-refractivity contribution is 8.01. The van der Waals surface area contributed by atoms with Crippen molar-refractivity contribution < 1.29 is 9.90 Å². The van der Waals surface area contributed by atoms with E-state index in [4.69, 9.17) is 0 Å². The van der Waals surface area contributed by atoms with Crippen molar-refractivity contribution in [1.29, 1.82) is 0 Å². The molecule has 0 unspecified atom stereocenters. The third kappa shape index (κ3) is 4.41. The fourth-order valence-corrected chi connectivity index (χ4v) is 4.12. The van der Waals surface area contributed by atoms with Gasteiger partial charge in [0.1, 0.15) is 11.4 Å². The Kier molecular flexibility index (Phi) is 5.89. The SMILES string of the molecule is CCCCSc1nnc(NC(=O)c2cc(-c3ccc(C)cc3O)n[nH]2)s1. The third-order valence-electron chi connectivity index (χ3n) is 3.60. The summed E-state index contributed by atoms with van der Waals surface area (Å²) in [7, 11) is 0. The first-order valence-corrected chi connectivity index (χ1v) is 10.00. The first-order valence-electron chi connectivity index (χ1n) is 8.20. The lowest BCUT2D eigenvalue weighted by atomic mass is 10.1. The van der Waals surface area contributed by atoms with Crippen LogP contribution in [0.25, 0.3) is 11.3 Å². The summed E-state index contributed by atoms with van der Waals surface area (Å²) < 4.78 is 0.837. The summed E-state index contributed by atoms with van der Waals surface area (Å²) in [6.07, 6.45) is 2.25. The van der Waals surface area contributed by atoms with E-state index in [-0.39, 0.29) is 17.4 Å². The Hall–Kier alpha value is -2.39. The molecule has 0 fully saturated rings. The molecular weight excluding hydrogens is 370 g/mol. The van der Waals surface area contributed by atoms with E-state index in [1.165, 1.54) is 11.3 Å². The number of hydrogen-bond acceptors (Lipinski definition) is 7. The molecule has 0 saturated carbocycles. The lowest BCUT2D eigenvalue weighted by Gasteiger charge is -2.01. The number of hydrogen-bond donors (Lipinski definition) is 3. The number of aromatic nitrogens is 4.